The maximum Gasteiger partial charge on any atom is 0.227 e. The third-order valence-corrected chi connectivity index (χ3v) is 2.75. The van der Waals surface area contributed by atoms with E-state index in [0.29, 0.717) is 12.1 Å². The number of carbonyl (C=O) groups excluding carboxylic acids is 1. The first-order valence-corrected chi connectivity index (χ1v) is 5.81. The summed E-state index contributed by atoms with van der Waals surface area (Å²) in [4.78, 5) is 11.9. The van der Waals surface area contributed by atoms with Gasteiger partial charge in [0.2, 0.25) is 5.91 Å². The van der Waals surface area contributed by atoms with Gasteiger partial charge in [-0.15, -0.1) is 0 Å². The van der Waals surface area contributed by atoms with Crippen LogP contribution in [-0.4, -0.2) is 23.7 Å². The quantitative estimate of drug-likeness (QED) is 0.674. The lowest BCUT2D eigenvalue weighted by atomic mass is 9.99. The van der Waals surface area contributed by atoms with Crippen molar-refractivity contribution in [2.24, 2.45) is 0 Å². The Bertz CT molecular complexity index is 379. The SMILES string of the molecule is CC(CCO)NC(=O)C(C)c1cccc(N)c1. The van der Waals surface area contributed by atoms with E-state index in [1.165, 1.54) is 0 Å². The molecule has 0 radical (unpaired) electrons. The van der Waals surface area contributed by atoms with Crippen molar-refractivity contribution in [3.63, 3.8) is 0 Å². The number of hydrogen-bond donors (Lipinski definition) is 3. The summed E-state index contributed by atoms with van der Waals surface area (Å²) in [6.45, 7) is 3.80. The second kappa shape index (κ2) is 6.25. The van der Waals surface area contributed by atoms with Crippen LogP contribution in [0.25, 0.3) is 0 Å². The van der Waals surface area contributed by atoms with Crippen molar-refractivity contribution in [1.29, 1.82) is 0 Å². The zero-order chi connectivity index (χ0) is 12.8. The highest BCUT2D eigenvalue weighted by molar-refractivity contribution is 5.83. The molecular formula is C13H20N2O2. The van der Waals surface area contributed by atoms with E-state index in [4.69, 9.17) is 10.8 Å². The highest BCUT2D eigenvalue weighted by Gasteiger charge is 2.16. The number of benzene rings is 1. The lowest BCUT2D eigenvalue weighted by Gasteiger charge is -2.17. The highest BCUT2D eigenvalue weighted by Crippen LogP contribution is 2.18. The standard InChI is InChI=1S/C13H20N2O2/c1-9(6-7-16)15-13(17)10(2)11-4-3-5-12(14)8-11/h3-5,8-10,16H,6-7,14H2,1-2H3,(H,15,17). The molecular weight excluding hydrogens is 216 g/mol. The van der Waals surface area contributed by atoms with Crippen LogP contribution in [0.3, 0.4) is 0 Å². The zero-order valence-electron chi connectivity index (χ0n) is 10.3. The minimum absolute atomic E-state index is 0.0176. The molecule has 0 aliphatic carbocycles. The zero-order valence-corrected chi connectivity index (χ0v) is 10.3. The Morgan fingerprint density at radius 1 is 1.47 bits per heavy atom. The Morgan fingerprint density at radius 2 is 2.18 bits per heavy atom. The van der Waals surface area contributed by atoms with Gasteiger partial charge in [-0.3, -0.25) is 4.79 Å². The fourth-order valence-corrected chi connectivity index (χ4v) is 1.61. The van der Waals surface area contributed by atoms with Crippen LogP contribution in [0.2, 0.25) is 0 Å². The Hall–Kier alpha value is -1.55. The largest absolute Gasteiger partial charge is 0.399 e. The average molecular weight is 236 g/mol. The molecule has 1 aromatic carbocycles. The Balaban J connectivity index is 2.63. The van der Waals surface area contributed by atoms with Crippen molar-refractivity contribution in [2.45, 2.75) is 32.2 Å². The summed E-state index contributed by atoms with van der Waals surface area (Å²) in [5.74, 6) is -0.281. The van der Waals surface area contributed by atoms with E-state index in [1.807, 2.05) is 26.0 Å². The molecule has 0 heterocycles. The number of aliphatic hydroxyl groups is 1. The molecule has 17 heavy (non-hydrogen) atoms. The summed E-state index contributed by atoms with van der Waals surface area (Å²) >= 11 is 0. The van der Waals surface area contributed by atoms with E-state index in [9.17, 15) is 4.79 Å². The molecule has 1 rings (SSSR count). The third-order valence-electron chi connectivity index (χ3n) is 2.75. The van der Waals surface area contributed by atoms with Crippen LogP contribution in [0, 0.1) is 0 Å². The number of hydrogen-bond acceptors (Lipinski definition) is 3. The monoisotopic (exact) mass is 236 g/mol. The molecule has 0 bridgehead atoms. The molecule has 0 spiro atoms. The number of aliphatic hydroxyl groups excluding tert-OH is 1. The molecule has 1 amide bonds. The summed E-state index contributed by atoms with van der Waals surface area (Å²) in [5, 5.41) is 11.6. The first-order valence-electron chi connectivity index (χ1n) is 5.81. The van der Waals surface area contributed by atoms with Crippen molar-refractivity contribution in [1.82, 2.24) is 5.32 Å². The number of amides is 1. The molecule has 2 unspecified atom stereocenters. The fourth-order valence-electron chi connectivity index (χ4n) is 1.61. The average Bonchev–Trinajstić information content (AvgIpc) is 2.28. The van der Waals surface area contributed by atoms with Crippen LogP contribution < -0.4 is 11.1 Å². The van der Waals surface area contributed by atoms with Gasteiger partial charge in [-0.25, -0.2) is 0 Å². The Labute approximate surface area is 102 Å². The van der Waals surface area contributed by atoms with E-state index in [0.717, 1.165) is 5.56 Å². The molecule has 1 aromatic rings. The van der Waals surface area contributed by atoms with Crippen LogP contribution in [0.1, 0.15) is 31.7 Å². The van der Waals surface area contributed by atoms with Gasteiger partial charge in [0.1, 0.15) is 0 Å². The number of rotatable bonds is 5. The third kappa shape index (κ3) is 4.07. The maximum atomic E-state index is 11.9. The first kappa shape index (κ1) is 13.5. The van der Waals surface area contributed by atoms with Crippen LogP contribution in [0.4, 0.5) is 5.69 Å². The Morgan fingerprint density at radius 3 is 2.76 bits per heavy atom. The van der Waals surface area contributed by atoms with Gasteiger partial charge >= 0.3 is 0 Å². The summed E-state index contributed by atoms with van der Waals surface area (Å²) in [6.07, 6.45) is 0.565. The van der Waals surface area contributed by atoms with E-state index >= 15 is 0 Å². The van der Waals surface area contributed by atoms with E-state index < -0.39 is 0 Å². The smallest absolute Gasteiger partial charge is 0.227 e. The second-order valence-corrected chi connectivity index (χ2v) is 4.31. The lowest BCUT2D eigenvalue weighted by Crippen LogP contribution is -2.36. The van der Waals surface area contributed by atoms with Crippen molar-refractivity contribution in [3.05, 3.63) is 29.8 Å². The number of carbonyl (C=O) groups is 1. The molecule has 4 nitrogen and oxygen atoms in total. The molecule has 0 aromatic heterocycles. The summed E-state index contributed by atoms with van der Waals surface area (Å²) in [7, 11) is 0. The minimum atomic E-state index is -0.236. The van der Waals surface area contributed by atoms with Gasteiger partial charge in [-0.05, 0) is 38.0 Å². The van der Waals surface area contributed by atoms with Crippen molar-refractivity contribution < 1.29 is 9.90 Å². The lowest BCUT2D eigenvalue weighted by molar-refractivity contribution is -0.122. The van der Waals surface area contributed by atoms with Gasteiger partial charge in [-0.2, -0.15) is 0 Å². The van der Waals surface area contributed by atoms with Crippen molar-refractivity contribution in [2.75, 3.05) is 12.3 Å². The summed E-state index contributed by atoms with van der Waals surface area (Å²) in [6, 6.07) is 7.31. The van der Waals surface area contributed by atoms with Gasteiger partial charge in [0.15, 0.2) is 0 Å². The van der Waals surface area contributed by atoms with Crippen LogP contribution in [0.15, 0.2) is 24.3 Å². The van der Waals surface area contributed by atoms with Gasteiger partial charge in [0.25, 0.3) is 0 Å². The van der Waals surface area contributed by atoms with Gasteiger partial charge in [0.05, 0.1) is 5.92 Å². The molecule has 94 valence electrons. The predicted octanol–water partition coefficient (Wildman–Crippen LogP) is 1.26. The molecule has 4 heteroatoms. The highest BCUT2D eigenvalue weighted by atomic mass is 16.3. The number of nitrogens with one attached hydrogen (secondary N) is 1. The summed E-state index contributed by atoms with van der Waals surface area (Å²) in [5.41, 5.74) is 7.24. The number of nitrogens with two attached hydrogens (primary N) is 1. The van der Waals surface area contributed by atoms with E-state index in [1.54, 1.807) is 12.1 Å². The maximum absolute atomic E-state index is 11.9. The van der Waals surface area contributed by atoms with Gasteiger partial charge < -0.3 is 16.2 Å². The molecule has 4 N–H and O–H groups in total. The molecule has 0 saturated heterocycles. The predicted molar refractivity (Wildman–Crippen MR) is 68.6 cm³/mol. The summed E-state index contributed by atoms with van der Waals surface area (Å²) < 4.78 is 0. The van der Waals surface area contributed by atoms with Crippen molar-refractivity contribution >= 4 is 11.6 Å². The molecule has 0 fully saturated rings. The number of anilines is 1. The normalized spacial score (nSPS) is 14.1. The molecule has 0 aliphatic rings. The fraction of sp³-hybridized carbons (Fsp3) is 0.462. The van der Waals surface area contributed by atoms with Crippen molar-refractivity contribution in [3.8, 4) is 0 Å². The molecule has 2 atom stereocenters. The van der Waals surface area contributed by atoms with Crippen LogP contribution in [-0.2, 0) is 4.79 Å². The number of nitrogen functional groups attached to an aromatic ring is 1. The molecule has 0 aliphatic heterocycles. The van der Waals surface area contributed by atoms with Crippen LogP contribution >= 0.6 is 0 Å². The topological polar surface area (TPSA) is 75.3 Å². The second-order valence-electron chi connectivity index (χ2n) is 4.31. The van der Waals surface area contributed by atoms with E-state index in [-0.39, 0.29) is 24.5 Å². The minimum Gasteiger partial charge on any atom is -0.399 e. The Kier molecular flexibility index (Phi) is 4.97. The first-order chi connectivity index (χ1) is 8.04. The van der Waals surface area contributed by atoms with Crippen LogP contribution in [0.5, 0.6) is 0 Å². The van der Waals surface area contributed by atoms with Gasteiger partial charge in [-0.1, -0.05) is 12.1 Å². The van der Waals surface area contributed by atoms with Gasteiger partial charge in [0, 0.05) is 18.3 Å². The molecule has 0 saturated carbocycles. The van der Waals surface area contributed by atoms with E-state index in [2.05, 4.69) is 5.32 Å².